The van der Waals surface area contributed by atoms with Crippen molar-refractivity contribution in [1.29, 1.82) is 0 Å². The van der Waals surface area contributed by atoms with E-state index >= 15 is 0 Å². The van der Waals surface area contributed by atoms with E-state index < -0.39 is 0 Å². The highest BCUT2D eigenvalue weighted by Gasteiger charge is 2.13. The van der Waals surface area contributed by atoms with Gasteiger partial charge in [-0.15, -0.1) is 11.3 Å². The zero-order valence-corrected chi connectivity index (χ0v) is 13.6. The number of nitrogens with one attached hydrogen (secondary N) is 1. The minimum Gasteiger partial charge on any atom is -0.298 e. The summed E-state index contributed by atoms with van der Waals surface area (Å²) in [6, 6.07) is 11.8. The molecule has 23 heavy (non-hydrogen) atoms. The Morgan fingerprint density at radius 2 is 1.87 bits per heavy atom. The lowest BCUT2D eigenvalue weighted by atomic mass is 10.0. The molecule has 0 unspecified atom stereocenters. The van der Waals surface area contributed by atoms with Crippen LogP contribution in [0.1, 0.15) is 21.5 Å². The van der Waals surface area contributed by atoms with Crippen molar-refractivity contribution in [1.82, 2.24) is 4.98 Å². The van der Waals surface area contributed by atoms with Gasteiger partial charge in [-0.2, -0.15) is 0 Å². The van der Waals surface area contributed by atoms with Crippen molar-refractivity contribution < 1.29 is 9.18 Å². The number of rotatable bonds is 3. The number of hydrogen-bond donors (Lipinski definition) is 1. The molecular formula is C18H15FN2OS. The van der Waals surface area contributed by atoms with Crippen LogP contribution in [0.4, 0.5) is 9.52 Å². The topological polar surface area (TPSA) is 42.0 Å². The molecule has 5 heteroatoms. The van der Waals surface area contributed by atoms with Gasteiger partial charge in [-0.1, -0.05) is 12.1 Å². The third-order valence-electron chi connectivity index (χ3n) is 3.71. The third-order valence-corrected chi connectivity index (χ3v) is 4.47. The standard InChI is InChI=1S/C18H15FN2OS/c1-11-4-3-5-15(12(11)2)17(22)21-18-20-16(10-23-18)13-6-8-14(19)9-7-13/h3-10H,1-2H3,(H,20,21,22). The summed E-state index contributed by atoms with van der Waals surface area (Å²) in [5.74, 6) is -0.460. The summed E-state index contributed by atoms with van der Waals surface area (Å²) in [7, 11) is 0. The van der Waals surface area contributed by atoms with Crippen molar-refractivity contribution >= 4 is 22.4 Å². The summed E-state index contributed by atoms with van der Waals surface area (Å²) in [4.78, 5) is 16.8. The number of hydrogen-bond acceptors (Lipinski definition) is 3. The Morgan fingerprint density at radius 3 is 2.61 bits per heavy atom. The van der Waals surface area contributed by atoms with Gasteiger partial charge in [0.2, 0.25) is 0 Å². The average Bonchev–Trinajstić information content (AvgIpc) is 2.99. The van der Waals surface area contributed by atoms with E-state index in [9.17, 15) is 9.18 Å². The van der Waals surface area contributed by atoms with Gasteiger partial charge in [0.25, 0.3) is 5.91 Å². The molecule has 1 aromatic heterocycles. The highest BCUT2D eigenvalue weighted by Crippen LogP contribution is 2.25. The first-order valence-electron chi connectivity index (χ1n) is 7.13. The van der Waals surface area contributed by atoms with Gasteiger partial charge in [0, 0.05) is 16.5 Å². The maximum atomic E-state index is 13.0. The highest BCUT2D eigenvalue weighted by molar-refractivity contribution is 7.14. The first kappa shape index (κ1) is 15.4. The lowest BCUT2D eigenvalue weighted by Gasteiger charge is -2.07. The van der Waals surface area contributed by atoms with Crippen LogP contribution in [0.25, 0.3) is 11.3 Å². The van der Waals surface area contributed by atoms with Gasteiger partial charge in [-0.3, -0.25) is 10.1 Å². The molecule has 0 aliphatic carbocycles. The molecule has 0 saturated heterocycles. The number of carbonyl (C=O) groups is 1. The highest BCUT2D eigenvalue weighted by atomic mass is 32.1. The zero-order valence-electron chi connectivity index (χ0n) is 12.8. The van der Waals surface area contributed by atoms with Gasteiger partial charge in [0.15, 0.2) is 5.13 Å². The second-order valence-electron chi connectivity index (χ2n) is 5.25. The van der Waals surface area contributed by atoms with Crippen molar-refractivity contribution in [2.75, 3.05) is 5.32 Å². The minimum absolute atomic E-state index is 0.175. The molecule has 0 bridgehead atoms. The van der Waals surface area contributed by atoms with Crippen molar-refractivity contribution in [2.45, 2.75) is 13.8 Å². The second-order valence-corrected chi connectivity index (χ2v) is 6.10. The number of thiazole rings is 1. The molecule has 2 aromatic carbocycles. The largest absolute Gasteiger partial charge is 0.298 e. The van der Waals surface area contributed by atoms with Crippen molar-refractivity contribution in [3.8, 4) is 11.3 Å². The van der Waals surface area contributed by atoms with Gasteiger partial charge in [-0.05, 0) is 55.3 Å². The summed E-state index contributed by atoms with van der Waals surface area (Å²) in [5, 5.41) is 5.18. The van der Waals surface area contributed by atoms with E-state index in [0.29, 0.717) is 16.4 Å². The third kappa shape index (κ3) is 3.29. The predicted octanol–water partition coefficient (Wildman–Crippen LogP) is 4.82. The minimum atomic E-state index is -0.285. The average molecular weight is 326 g/mol. The number of amides is 1. The van der Waals surface area contributed by atoms with E-state index in [4.69, 9.17) is 0 Å². The first-order chi connectivity index (χ1) is 11.0. The van der Waals surface area contributed by atoms with Crippen LogP contribution in [-0.4, -0.2) is 10.9 Å². The van der Waals surface area contributed by atoms with Gasteiger partial charge in [-0.25, -0.2) is 9.37 Å². The fourth-order valence-electron chi connectivity index (χ4n) is 2.25. The van der Waals surface area contributed by atoms with Crippen LogP contribution in [0.5, 0.6) is 0 Å². The molecule has 116 valence electrons. The first-order valence-corrected chi connectivity index (χ1v) is 8.01. The Labute approximate surface area is 137 Å². The van der Waals surface area contributed by atoms with E-state index in [1.165, 1.54) is 23.5 Å². The lowest BCUT2D eigenvalue weighted by Crippen LogP contribution is -2.13. The number of halogens is 1. The number of carbonyl (C=O) groups excluding carboxylic acids is 1. The predicted molar refractivity (Wildman–Crippen MR) is 91.4 cm³/mol. The SMILES string of the molecule is Cc1cccc(C(=O)Nc2nc(-c3ccc(F)cc3)cs2)c1C. The molecule has 0 fully saturated rings. The molecule has 3 rings (SSSR count). The van der Waals surface area contributed by atoms with E-state index in [1.54, 1.807) is 18.2 Å². The normalized spacial score (nSPS) is 10.6. The number of benzene rings is 2. The summed E-state index contributed by atoms with van der Waals surface area (Å²) < 4.78 is 13.0. The molecule has 0 saturated carbocycles. The van der Waals surface area contributed by atoms with E-state index in [-0.39, 0.29) is 11.7 Å². The Kier molecular flexibility index (Phi) is 4.21. The van der Waals surface area contributed by atoms with Crippen LogP contribution in [-0.2, 0) is 0 Å². The summed E-state index contributed by atoms with van der Waals surface area (Å²) in [6.45, 7) is 3.90. The molecule has 0 radical (unpaired) electrons. The van der Waals surface area contributed by atoms with E-state index in [1.807, 2.05) is 31.4 Å². The van der Waals surface area contributed by atoms with Gasteiger partial charge < -0.3 is 0 Å². The number of nitrogens with zero attached hydrogens (tertiary/aromatic N) is 1. The van der Waals surface area contributed by atoms with Crippen LogP contribution in [0, 0.1) is 19.7 Å². The number of aryl methyl sites for hydroxylation is 1. The van der Waals surface area contributed by atoms with Crippen LogP contribution in [0.15, 0.2) is 47.8 Å². The molecule has 1 N–H and O–H groups in total. The Hall–Kier alpha value is -2.53. The molecule has 1 heterocycles. The molecule has 0 aliphatic rings. The summed E-state index contributed by atoms with van der Waals surface area (Å²) in [5.41, 5.74) is 4.20. The monoisotopic (exact) mass is 326 g/mol. The second kappa shape index (κ2) is 6.30. The lowest BCUT2D eigenvalue weighted by molar-refractivity contribution is 0.102. The van der Waals surface area contributed by atoms with Crippen molar-refractivity contribution in [3.63, 3.8) is 0 Å². The number of anilines is 1. The van der Waals surface area contributed by atoms with Crippen LogP contribution in [0.3, 0.4) is 0 Å². The molecular weight excluding hydrogens is 311 g/mol. The summed E-state index contributed by atoms with van der Waals surface area (Å²) in [6.07, 6.45) is 0. The van der Waals surface area contributed by atoms with Gasteiger partial charge in [0.05, 0.1) is 5.69 Å². The van der Waals surface area contributed by atoms with Gasteiger partial charge in [0.1, 0.15) is 5.82 Å². The Balaban J connectivity index is 1.80. The van der Waals surface area contributed by atoms with E-state index in [0.717, 1.165) is 16.7 Å². The Bertz CT molecular complexity index is 856. The zero-order chi connectivity index (χ0) is 16.4. The van der Waals surface area contributed by atoms with Crippen LogP contribution in [0.2, 0.25) is 0 Å². The van der Waals surface area contributed by atoms with Crippen molar-refractivity contribution in [3.05, 3.63) is 70.4 Å². The van der Waals surface area contributed by atoms with Crippen LogP contribution >= 0.6 is 11.3 Å². The van der Waals surface area contributed by atoms with Gasteiger partial charge >= 0.3 is 0 Å². The fourth-order valence-corrected chi connectivity index (χ4v) is 2.96. The molecule has 0 atom stereocenters. The Morgan fingerprint density at radius 1 is 1.13 bits per heavy atom. The molecule has 0 spiro atoms. The fraction of sp³-hybridized carbons (Fsp3) is 0.111. The maximum Gasteiger partial charge on any atom is 0.257 e. The summed E-state index contributed by atoms with van der Waals surface area (Å²) >= 11 is 1.34. The molecule has 0 aliphatic heterocycles. The molecule has 1 amide bonds. The van der Waals surface area contributed by atoms with Crippen molar-refractivity contribution in [2.24, 2.45) is 0 Å². The van der Waals surface area contributed by atoms with E-state index in [2.05, 4.69) is 10.3 Å². The number of aromatic nitrogens is 1. The molecule has 3 aromatic rings. The smallest absolute Gasteiger partial charge is 0.257 e. The quantitative estimate of drug-likeness (QED) is 0.750. The molecule has 3 nitrogen and oxygen atoms in total. The van der Waals surface area contributed by atoms with Crippen LogP contribution < -0.4 is 5.32 Å². The maximum absolute atomic E-state index is 13.0.